The van der Waals surface area contributed by atoms with Gasteiger partial charge in [-0.3, -0.25) is 19.1 Å². The largest absolute Gasteiger partial charge is 0.496 e. The minimum Gasteiger partial charge on any atom is -0.496 e. The van der Waals surface area contributed by atoms with Crippen LogP contribution in [0.1, 0.15) is 76.7 Å². The molecule has 4 amide bonds. The predicted octanol–water partition coefficient (Wildman–Crippen LogP) is 3.77. The third-order valence-corrected chi connectivity index (χ3v) is 14.4. The number of alkyl carbamates (subject to hydrolysis) is 1. The van der Waals surface area contributed by atoms with Crippen molar-refractivity contribution in [1.29, 1.82) is 0 Å². The second-order valence-electron chi connectivity index (χ2n) is 16.6. The molecule has 5 fully saturated rings. The number of ether oxygens (including phenoxy) is 5. The fourth-order valence-electron chi connectivity index (χ4n) is 9.04. The van der Waals surface area contributed by atoms with Crippen molar-refractivity contribution in [2.75, 3.05) is 33.5 Å². The number of rotatable bonds is 10. The van der Waals surface area contributed by atoms with Gasteiger partial charge < -0.3 is 39.2 Å². The Morgan fingerprint density at radius 3 is 2.59 bits per heavy atom. The molecule has 3 aliphatic heterocycles. The van der Waals surface area contributed by atoms with Gasteiger partial charge >= 0.3 is 6.09 Å². The molecule has 3 N–H and O–H groups in total. The number of aromatic nitrogens is 1. The molecule has 1 aromatic heterocycles. The number of benzene rings is 1. The van der Waals surface area contributed by atoms with Gasteiger partial charge in [0.25, 0.3) is 5.91 Å². The van der Waals surface area contributed by atoms with Crippen LogP contribution < -0.4 is 29.6 Å². The molecule has 3 aliphatic carbocycles. The van der Waals surface area contributed by atoms with Crippen LogP contribution in [0.3, 0.4) is 0 Å². The first-order valence-corrected chi connectivity index (χ1v) is 22.3. The molecule has 7 atom stereocenters. The average molecular weight is 836 g/mol. The van der Waals surface area contributed by atoms with E-state index < -0.39 is 74.8 Å². The highest BCUT2D eigenvalue weighted by molar-refractivity contribution is 7.91. The fraction of sp³-hybridized carbons (Fsp3) is 0.595. The highest BCUT2D eigenvalue weighted by atomic mass is 32.2. The van der Waals surface area contributed by atoms with E-state index >= 15 is 0 Å². The minimum atomic E-state index is -3.92. The quantitative estimate of drug-likeness (QED) is 0.293. The molecule has 6 aliphatic rings. The predicted molar refractivity (Wildman–Crippen MR) is 215 cm³/mol. The second kappa shape index (κ2) is 16.6. The molecule has 318 valence electrons. The Morgan fingerprint density at radius 1 is 1.08 bits per heavy atom. The van der Waals surface area contributed by atoms with E-state index in [0.717, 1.165) is 24.8 Å². The molecule has 4 heterocycles. The summed E-state index contributed by atoms with van der Waals surface area (Å²) in [5.74, 6) is -1.56. The van der Waals surface area contributed by atoms with Gasteiger partial charge in [0.05, 0.1) is 44.2 Å². The maximum atomic E-state index is 15.0. The number of pyridine rings is 1. The van der Waals surface area contributed by atoms with Gasteiger partial charge in [-0.2, -0.15) is 0 Å². The van der Waals surface area contributed by atoms with Crippen LogP contribution in [0, 0.1) is 17.8 Å². The van der Waals surface area contributed by atoms with Crippen LogP contribution in [-0.2, 0) is 33.9 Å². The third-order valence-electron chi connectivity index (χ3n) is 12.6. The number of nitrogens with zero attached hydrogens (tertiary/aromatic N) is 2. The number of carbonyl (C=O) groups excluding carboxylic acids is 4. The average Bonchev–Trinajstić information content (AvgIpc) is 4.12. The topological polar surface area (TPSA) is 201 Å². The molecule has 4 bridgehead atoms. The molecule has 2 aromatic rings. The summed E-state index contributed by atoms with van der Waals surface area (Å²) in [6.45, 7) is 6.56. The highest BCUT2D eigenvalue weighted by Crippen LogP contribution is 2.46. The normalized spacial score (nSPS) is 30.5. The van der Waals surface area contributed by atoms with Gasteiger partial charge in [0.15, 0.2) is 0 Å². The molecule has 1 aromatic carbocycles. The molecule has 8 rings (SSSR count). The van der Waals surface area contributed by atoms with Crippen molar-refractivity contribution < 1.29 is 51.3 Å². The van der Waals surface area contributed by atoms with Gasteiger partial charge in [0.1, 0.15) is 41.3 Å². The summed E-state index contributed by atoms with van der Waals surface area (Å²) in [4.78, 5) is 63.1. The zero-order valence-electron chi connectivity index (χ0n) is 33.5. The van der Waals surface area contributed by atoms with Gasteiger partial charge in [-0.15, -0.1) is 6.58 Å². The summed E-state index contributed by atoms with van der Waals surface area (Å²) in [6, 6.07) is 3.22. The number of carbonyl (C=O) groups is 4. The van der Waals surface area contributed by atoms with Crippen LogP contribution in [0.2, 0.25) is 0 Å². The number of allylic oxidation sites excluding steroid dienone is 1. The van der Waals surface area contributed by atoms with Gasteiger partial charge in [0, 0.05) is 41.3 Å². The summed E-state index contributed by atoms with van der Waals surface area (Å²) in [5.41, 5.74) is -0.275. The minimum absolute atomic E-state index is 0.0219. The SMILES string of the molecule is C=C[C@@H]1C[C@]1(NC(=O)[C@@H]1C[C@@H]2CN1C(=O)[C@H](C1CCCCC1)NC(=O)O[C@@H]1COC[C@H]1C/C=C/c1cc3c(cc(OCC)nc3cc1OC)O2)C(=O)NS(=O)(=O)C1CC1. The van der Waals surface area contributed by atoms with E-state index in [1.165, 1.54) is 11.0 Å². The number of methoxy groups -OCH3 is 1. The van der Waals surface area contributed by atoms with Gasteiger partial charge in [-0.25, -0.2) is 18.2 Å². The molecule has 3 saturated carbocycles. The number of amides is 4. The zero-order valence-corrected chi connectivity index (χ0v) is 34.3. The maximum absolute atomic E-state index is 15.0. The van der Waals surface area contributed by atoms with Crippen molar-refractivity contribution in [3.8, 4) is 17.4 Å². The Balaban J connectivity index is 1.18. The Bertz CT molecular complexity index is 2140. The molecule has 17 heteroatoms. The van der Waals surface area contributed by atoms with Crippen LogP contribution >= 0.6 is 0 Å². The second-order valence-corrected chi connectivity index (χ2v) is 18.5. The van der Waals surface area contributed by atoms with Crippen LogP contribution in [-0.4, -0.2) is 111 Å². The smallest absolute Gasteiger partial charge is 0.408 e. The van der Waals surface area contributed by atoms with Gasteiger partial charge in [-0.05, 0) is 57.4 Å². The summed E-state index contributed by atoms with van der Waals surface area (Å²) in [7, 11) is -2.35. The first-order valence-electron chi connectivity index (χ1n) is 20.8. The van der Waals surface area contributed by atoms with E-state index in [-0.39, 0.29) is 37.8 Å². The Hall–Kier alpha value is -4.90. The molecular weight excluding hydrogens is 783 g/mol. The molecule has 0 spiro atoms. The monoisotopic (exact) mass is 835 g/mol. The van der Waals surface area contributed by atoms with E-state index in [1.807, 2.05) is 25.1 Å². The maximum Gasteiger partial charge on any atom is 0.408 e. The van der Waals surface area contributed by atoms with E-state index in [2.05, 4.69) is 21.9 Å². The van der Waals surface area contributed by atoms with E-state index in [9.17, 15) is 27.6 Å². The lowest BCUT2D eigenvalue weighted by Crippen LogP contribution is -2.59. The van der Waals surface area contributed by atoms with Crippen molar-refractivity contribution in [1.82, 2.24) is 25.2 Å². The van der Waals surface area contributed by atoms with E-state index in [4.69, 9.17) is 28.7 Å². The van der Waals surface area contributed by atoms with Gasteiger partial charge in [-0.1, -0.05) is 37.5 Å². The molecule has 16 nitrogen and oxygen atoms in total. The fourth-order valence-corrected chi connectivity index (χ4v) is 10.4. The number of hydrogen-bond donors (Lipinski definition) is 3. The lowest BCUT2D eigenvalue weighted by molar-refractivity contribution is -0.142. The first kappa shape index (κ1) is 40.9. The number of fused-ring (bicyclic) bond motifs is 4. The molecule has 2 saturated heterocycles. The highest BCUT2D eigenvalue weighted by Gasteiger charge is 2.62. The van der Waals surface area contributed by atoms with Crippen LogP contribution in [0.25, 0.3) is 17.0 Å². The van der Waals surface area contributed by atoms with Crippen molar-refractivity contribution in [3.63, 3.8) is 0 Å². The number of sulfonamides is 1. The summed E-state index contributed by atoms with van der Waals surface area (Å²) in [5, 5.41) is 5.76. The number of hydrogen-bond acceptors (Lipinski definition) is 12. The molecule has 59 heavy (non-hydrogen) atoms. The number of nitrogens with one attached hydrogen (secondary N) is 3. The molecule has 0 unspecified atom stereocenters. The third kappa shape index (κ3) is 8.45. The van der Waals surface area contributed by atoms with Crippen molar-refractivity contribution in [2.24, 2.45) is 17.8 Å². The molecular formula is C42H53N5O11S. The lowest BCUT2D eigenvalue weighted by Gasteiger charge is -2.35. The molecule has 0 radical (unpaired) electrons. The van der Waals surface area contributed by atoms with E-state index in [0.29, 0.717) is 73.6 Å². The van der Waals surface area contributed by atoms with Crippen LogP contribution in [0.4, 0.5) is 4.79 Å². The lowest BCUT2D eigenvalue weighted by atomic mass is 9.83. The van der Waals surface area contributed by atoms with Crippen molar-refractivity contribution >= 4 is 50.8 Å². The van der Waals surface area contributed by atoms with Crippen molar-refractivity contribution in [2.45, 2.75) is 106 Å². The summed E-state index contributed by atoms with van der Waals surface area (Å²) >= 11 is 0. The Labute approximate surface area is 343 Å². The van der Waals surface area contributed by atoms with Gasteiger partial charge in [0.2, 0.25) is 27.7 Å². The zero-order chi connectivity index (χ0) is 41.5. The van der Waals surface area contributed by atoms with Crippen LogP contribution in [0.5, 0.6) is 17.4 Å². The summed E-state index contributed by atoms with van der Waals surface area (Å²) in [6.07, 6.45) is 9.14. The van der Waals surface area contributed by atoms with E-state index in [1.54, 1.807) is 19.2 Å². The Kier molecular flexibility index (Phi) is 11.5. The first-order chi connectivity index (χ1) is 28.4. The Morgan fingerprint density at radius 2 is 1.88 bits per heavy atom. The van der Waals surface area contributed by atoms with Crippen molar-refractivity contribution in [3.05, 3.63) is 42.5 Å². The summed E-state index contributed by atoms with van der Waals surface area (Å²) < 4.78 is 57.9. The van der Waals surface area contributed by atoms with Crippen LogP contribution in [0.15, 0.2) is 36.9 Å². The standard InChI is InChI=1S/C42H53N5O11S/c1-4-27-20-42(27,40(50)46-59(52,53)29-14-15-29)45-38(48)32-17-28-21-47(32)39(49)37(24-10-7-6-8-11-24)44-41(51)58-35-23-55-22-26(35)13-9-12-25-16-30-31(18-33(25)54-3)43-36(56-5-2)19-34(30)57-28/h4,9,12,16,18-19,24,26-29,32,35,37H,1,5-8,10-11,13-15,17,20-23H2,2-3H3,(H,44,51)(H,45,48)(H,46,50)/b12-9+/t26-,27-,28-,32+,35-,37+,42-/m1/s1.